The Morgan fingerprint density at radius 2 is 2.10 bits per heavy atom. The van der Waals surface area contributed by atoms with Crippen LogP contribution in [0.4, 0.5) is 13.2 Å². The van der Waals surface area contributed by atoms with E-state index in [2.05, 4.69) is 20.3 Å². The number of aromatic nitrogens is 3. The highest BCUT2D eigenvalue weighted by molar-refractivity contribution is 5.76. The summed E-state index contributed by atoms with van der Waals surface area (Å²) in [6, 6.07) is 2.74. The first kappa shape index (κ1) is 20.9. The van der Waals surface area contributed by atoms with Gasteiger partial charge in [-0.25, -0.2) is 23.7 Å². The number of nitrogens with one attached hydrogen (secondary N) is 1. The molecule has 3 heterocycles. The fourth-order valence-corrected chi connectivity index (χ4v) is 2.89. The van der Waals surface area contributed by atoms with Crippen molar-refractivity contribution in [1.29, 1.82) is 0 Å². The van der Waals surface area contributed by atoms with E-state index in [1.807, 2.05) is 0 Å². The predicted molar refractivity (Wildman–Crippen MR) is 102 cm³/mol. The van der Waals surface area contributed by atoms with Crippen molar-refractivity contribution in [3.8, 4) is 23.2 Å². The Labute approximate surface area is 174 Å². The molecule has 0 aliphatic heterocycles. The number of hydrogen-bond donors (Lipinski definition) is 1. The van der Waals surface area contributed by atoms with Gasteiger partial charge >= 0.3 is 0 Å². The van der Waals surface area contributed by atoms with E-state index in [0.29, 0.717) is 11.4 Å². The molecule has 164 valence electrons. The first-order valence-corrected chi connectivity index (χ1v) is 9.55. The topological polar surface area (TPSA) is 99.4 Å². The maximum absolute atomic E-state index is 14.7. The van der Waals surface area contributed by atoms with Crippen molar-refractivity contribution in [3.05, 3.63) is 30.3 Å². The molecule has 0 bridgehead atoms. The molecule has 31 heavy (non-hydrogen) atoms. The largest absolute Gasteiger partial charge is 0.491 e. The average Bonchev–Trinajstić information content (AvgIpc) is 3.11. The molecular weight excluding hydrogens is 417 g/mol. The Morgan fingerprint density at radius 1 is 1.32 bits per heavy atom. The van der Waals surface area contributed by atoms with Crippen molar-refractivity contribution in [2.75, 3.05) is 13.2 Å². The quantitative estimate of drug-likeness (QED) is 0.578. The van der Waals surface area contributed by atoms with Gasteiger partial charge in [0.25, 0.3) is 11.8 Å². The first-order chi connectivity index (χ1) is 14.7. The second-order valence-electron chi connectivity index (χ2n) is 7.38. The van der Waals surface area contributed by atoms with Gasteiger partial charge in [0, 0.05) is 13.3 Å². The van der Waals surface area contributed by atoms with Crippen LogP contribution in [0.5, 0.6) is 11.6 Å². The Balaban J connectivity index is 1.45. The number of pyridine rings is 2. The number of halogens is 3. The Bertz CT molecular complexity index is 1100. The minimum Gasteiger partial charge on any atom is -0.491 e. The maximum atomic E-state index is 14.7. The van der Waals surface area contributed by atoms with Crippen molar-refractivity contribution >= 4 is 17.0 Å². The van der Waals surface area contributed by atoms with Crippen LogP contribution in [0, 0.1) is 11.7 Å². The number of ether oxygens (including phenoxy) is 2. The van der Waals surface area contributed by atoms with Crippen molar-refractivity contribution in [2.24, 2.45) is 5.92 Å². The SMILES string of the molecule is CC(=O)N[C@@H](C)COc1ncc2nc(-c3ccc(OC[C@H]4CC4(F)F)cn3)oc2c1F. The summed E-state index contributed by atoms with van der Waals surface area (Å²) in [7, 11) is 0. The van der Waals surface area contributed by atoms with Gasteiger partial charge in [-0.05, 0) is 19.1 Å². The molecule has 1 N–H and O–H groups in total. The summed E-state index contributed by atoms with van der Waals surface area (Å²) in [6.45, 7) is 3.01. The highest BCUT2D eigenvalue weighted by atomic mass is 19.3. The van der Waals surface area contributed by atoms with E-state index < -0.39 is 17.7 Å². The van der Waals surface area contributed by atoms with Gasteiger partial charge < -0.3 is 19.2 Å². The second kappa shape index (κ2) is 8.05. The molecule has 0 aromatic carbocycles. The first-order valence-electron chi connectivity index (χ1n) is 9.55. The van der Waals surface area contributed by atoms with Gasteiger partial charge in [-0.15, -0.1) is 0 Å². The van der Waals surface area contributed by atoms with E-state index in [1.54, 1.807) is 13.0 Å². The molecule has 0 spiro atoms. The van der Waals surface area contributed by atoms with Crippen molar-refractivity contribution in [2.45, 2.75) is 32.2 Å². The second-order valence-corrected chi connectivity index (χ2v) is 7.38. The summed E-state index contributed by atoms with van der Waals surface area (Å²) < 4.78 is 56.7. The minimum atomic E-state index is -2.64. The third-order valence-corrected chi connectivity index (χ3v) is 4.63. The van der Waals surface area contributed by atoms with Crippen LogP contribution in [-0.4, -0.2) is 46.0 Å². The molecule has 4 rings (SSSR count). The van der Waals surface area contributed by atoms with Crippen molar-refractivity contribution < 1.29 is 31.9 Å². The van der Waals surface area contributed by atoms with E-state index in [9.17, 15) is 18.0 Å². The van der Waals surface area contributed by atoms with Crippen LogP contribution in [0.15, 0.2) is 28.9 Å². The van der Waals surface area contributed by atoms with Gasteiger partial charge in [0.15, 0.2) is 5.58 Å². The summed E-state index contributed by atoms with van der Waals surface area (Å²) in [5.41, 5.74) is 0.333. The standard InChI is InChI=1S/C20H19F3N4O4/c1-10(26-11(2)28)8-30-19-16(21)17-15(7-25-19)27-18(31-17)14-4-3-13(6-24-14)29-9-12-5-20(12,22)23/h3-4,6-7,10,12H,5,8-9H2,1-2H3,(H,26,28)/t10-,12+/m0/s1. The molecular formula is C20H19F3N4O4. The zero-order valence-electron chi connectivity index (χ0n) is 16.7. The Morgan fingerprint density at radius 3 is 2.74 bits per heavy atom. The van der Waals surface area contributed by atoms with Crippen LogP contribution in [0.1, 0.15) is 20.3 Å². The number of alkyl halides is 2. The third kappa shape index (κ3) is 4.70. The smallest absolute Gasteiger partial charge is 0.255 e. The number of carbonyl (C=O) groups excluding carboxylic acids is 1. The van der Waals surface area contributed by atoms with E-state index in [4.69, 9.17) is 13.9 Å². The van der Waals surface area contributed by atoms with Gasteiger partial charge in [0.2, 0.25) is 17.6 Å². The van der Waals surface area contributed by atoms with Crippen molar-refractivity contribution in [1.82, 2.24) is 20.3 Å². The summed E-state index contributed by atoms with van der Waals surface area (Å²) in [5.74, 6) is -4.35. The van der Waals surface area contributed by atoms with Gasteiger partial charge in [-0.3, -0.25) is 4.79 Å². The average molecular weight is 436 g/mol. The van der Waals surface area contributed by atoms with E-state index in [1.165, 1.54) is 25.4 Å². The summed E-state index contributed by atoms with van der Waals surface area (Å²) in [6.07, 6.45) is 2.49. The molecule has 8 nitrogen and oxygen atoms in total. The van der Waals surface area contributed by atoms with E-state index >= 15 is 0 Å². The predicted octanol–water partition coefficient (Wildman–Crippen LogP) is 3.36. The zero-order valence-corrected chi connectivity index (χ0v) is 16.7. The van der Waals surface area contributed by atoms with Gasteiger partial charge in [-0.2, -0.15) is 4.39 Å². The molecule has 0 radical (unpaired) electrons. The number of oxazole rings is 1. The lowest BCUT2D eigenvalue weighted by atomic mass is 10.3. The molecule has 11 heteroatoms. The Kier molecular flexibility index (Phi) is 5.42. The molecule has 3 aromatic rings. The molecule has 1 amide bonds. The lowest BCUT2D eigenvalue weighted by Crippen LogP contribution is -2.35. The lowest BCUT2D eigenvalue weighted by molar-refractivity contribution is -0.119. The van der Waals surface area contributed by atoms with Crippen LogP contribution in [0.3, 0.4) is 0 Å². The number of rotatable bonds is 8. The highest BCUT2D eigenvalue weighted by Gasteiger charge is 2.57. The number of fused-ring (bicyclic) bond motifs is 1. The normalized spacial score (nSPS) is 17.9. The van der Waals surface area contributed by atoms with Gasteiger partial charge in [0.1, 0.15) is 23.6 Å². The number of carbonyl (C=O) groups is 1. The fraction of sp³-hybridized carbons (Fsp3) is 0.400. The van der Waals surface area contributed by atoms with Crippen LogP contribution < -0.4 is 14.8 Å². The molecule has 3 aromatic heterocycles. The van der Waals surface area contributed by atoms with Crippen LogP contribution in [0.2, 0.25) is 0 Å². The molecule has 0 saturated heterocycles. The molecule has 1 aliphatic carbocycles. The van der Waals surface area contributed by atoms with Crippen LogP contribution in [-0.2, 0) is 4.79 Å². The summed E-state index contributed by atoms with van der Waals surface area (Å²) in [5, 5.41) is 2.62. The third-order valence-electron chi connectivity index (χ3n) is 4.63. The zero-order chi connectivity index (χ0) is 22.2. The fourth-order valence-electron chi connectivity index (χ4n) is 2.89. The lowest BCUT2D eigenvalue weighted by Gasteiger charge is -2.13. The number of amides is 1. The van der Waals surface area contributed by atoms with Gasteiger partial charge in [0.05, 0.1) is 31.0 Å². The summed E-state index contributed by atoms with van der Waals surface area (Å²) >= 11 is 0. The molecule has 1 saturated carbocycles. The summed E-state index contributed by atoms with van der Waals surface area (Å²) in [4.78, 5) is 23.2. The molecule has 1 fully saturated rings. The van der Waals surface area contributed by atoms with E-state index in [-0.39, 0.29) is 54.5 Å². The van der Waals surface area contributed by atoms with Crippen molar-refractivity contribution in [3.63, 3.8) is 0 Å². The van der Waals surface area contributed by atoms with Crippen LogP contribution in [0.25, 0.3) is 22.7 Å². The van der Waals surface area contributed by atoms with E-state index in [0.717, 1.165) is 0 Å². The molecule has 0 unspecified atom stereocenters. The van der Waals surface area contributed by atoms with Crippen LogP contribution >= 0.6 is 0 Å². The van der Waals surface area contributed by atoms with Gasteiger partial charge in [-0.1, -0.05) is 0 Å². The molecule has 2 atom stereocenters. The maximum Gasteiger partial charge on any atom is 0.255 e. The highest BCUT2D eigenvalue weighted by Crippen LogP contribution is 2.48. The monoisotopic (exact) mass is 436 g/mol. The minimum absolute atomic E-state index is 0.0197. The molecule has 1 aliphatic rings. The number of nitrogens with zero attached hydrogens (tertiary/aromatic N) is 3. The Hall–Kier alpha value is -3.37. The number of hydrogen-bond acceptors (Lipinski definition) is 7.